The molecule has 2 nitrogen and oxygen atoms in total. The van der Waals surface area contributed by atoms with Crippen LogP contribution in [0.3, 0.4) is 0 Å². The lowest BCUT2D eigenvalue weighted by atomic mass is 10.1. The molecule has 0 fully saturated rings. The Hall–Kier alpha value is -2.09. The van der Waals surface area contributed by atoms with Crippen LogP contribution in [0.25, 0.3) is 0 Å². The third-order valence-electron chi connectivity index (χ3n) is 2.89. The molecule has 2 aromatic carbocycles. The first-order valence-electron chi connectivity index (χ1n) is 6.05. The zero-order valence-electron chi connectivity index (χ0n) is 10.6. The van der Waals surface area contributed by atoms with Crippen molar-refractivity contribution in [1.29, 1.82) is 0 Å². The zero-order chi connectivity index (χ0) is 13.0. The van der Waals surface area contributed by atoms with Crippen molar-refractivity contribution in [2.45, 2.75) is 20.3 Å². The minimum absolute atomic E-state index is 0.668. The number of carbonyl (C=O) groups excluding carboxylic acids is 1. The van der Waals surface area contributed by atoms with Crippen LogP contribution >= 0.6 is 0 Å². The lowest BCUT2D eigenvalue weighted by Crippen LogP contribution is -1.90. The topological polar surface area (TPSA) is 26.3 Å². The molecular formula is C16H16O2. The average molecular weight is 240 g/mol. The molecule has 0 aliphatic heterocycles. The van der Waals surface area contributed by atoms with Crippen LogP contribution in [-0.2, 0) is 6.42 Å². The van der Waals surface area contributed by atoms with Crippen LogP contribution in [0, 0.1) is 6.92 Å². The van der Waals surface area contributed by atoms with Gasteiger partial charge in [0.1, 0.15) is 17.8 Å². The van der Waals surface area contributed by atoms with Crippen molar-refractivity contribution >= 4 is 6.29 Å². The molecular weight excluding hydrogens is 224 g/mol. The van der Waals surface area contributed by atoms with E-state index in [4.69, 9.17) is 4.74 Å². The van der Waals surface area contributed by atoms with E-state index in [0.29, 0.717) is 5.56 Å². The normalized spacial score (nSPS) is 10.1. The molecule has 0 N–H and O–H groups in total. The van der Waals surface area contributed by atoms with Crippen molar-refractivity contribution < 1.29 is 9.53 Å². The highest BCUT2D eigenvalue weighted by atomic mass is 16.5. The summed E-state index contributed by atoms with van der Waals surface area (Å²) < 4.78 is 5.79. The molecule has 0 aromatic heterocycles. The Morgan fingerprint density at radius 1 is 1.11 bits per heavy atom. The van der Waals surface area contributed by atoms with Crippen LogP contribution in [0.5, 0.6) is 11.5 Å². The van der Waals surface area contributed by atoms with Gasteiger partial charge in [0.2, 0.25) is 0 Å². The molecule has 92 valence electrons. The van der Waals surface area contributed by atoms with Crippen molar-refractivity contribution in [2.24, 2.45) is 0 Å². The molecule has 0 amide bonds. The monoisotopic (exact) mass is 240 g/mol. The number of hydrogen-bond acceptors (Lipinski definition) is 2. The fourth-order valence-electron chi connectivity index (χ4n) is 1.78. The molecule has 0 saturated carbocycles. The van der Waals surface area contributed by atoms with Gasteiger partial charge in [-0.25, -0.2) is 0 Å². The lowest BCUT2D eigenvalue weighted by Gasteiger charge is -2.09. The third-order valence-corrected chi connectivity index (χ3v) is 2.89. The first-order valence-corrected chi connectivity index (χ1v) is 6.05. The van der Waals surface area contributed by atoms with Gasteiger partial charge in [-0.3, -0.25) is 4.79 Å². The van der Waals surface area contributed by atoms with E-state index < -0.39 is 0 Å². The molecule has 0 unspecified atom stereocenters. The summed E-state index contributed by atoms with van der Waals surface area (Å²) in [7, 11) is 0. The molecule has 0 aliphatic carbocycles. The molecule has 0 atom stereocenters. The summed E-state index contributed by atoms with van der Waals surface area (Å²) in [6.45, 7) is 4.06. The van der Waals surface area contributed by atoms with E-state index in [1.54, 1.807) is 6.07 Å². The molecule has 2 heteroatoms. The van der Waals surface area contributed by atoms with Gasteiger partial charge in [-0.15, -0.1) is 0 Å². The van der Waals surface area contributed by atoms with E-state index in [0.717, 1.165) is 29.8 Å². The fourth-order valence-corrected chi connectivity index (χ4v) is 1.78. The van der Waals surface area contributed by atoms with Crippen molar-refractivity contribution in [1.82, 2.24) is 0 Å². The molecule has 0 heterocycles. The first kappa shape index (κ1) is 12.4. The Bertz CT molecular complexity index is 542. The standard InChI is InChI=1S/C16H16O2/c1-3-13-4-7-15(8-5-13)18-16-9-6-14(11-17)10-12(16)2/h4-11H,3H2,1-2H3. The van der Waals surface area contributed by atoms with Crippen molar-refractivity contribution in [3.05, 3.63) is 59.2 Å². The van der Waals surface area contributed by atoms with Gasteiger partial charge in [-0.1, -0.05) is 19.1 Å². The van der Waals surface area contributed by atoms with E-state index in [1.165, 1.54) is 5.56 Å². The van der Waals surface area contributed by atoms with E-state index in [2.05, 4.69) is 19.1 Å². The molecule has 0 saturated heterocycles. The van der Waals surface area contributed by atoms with Gasteiger partial charge in [0, 0.05) is 5.56 Å². The highest BCUT2D eigenvalue weighted by Crippen LogP contribution is 2.25. The number of aryl methyl sites for hydroxylation is 2. The highest BCUT2D eigenvalue weighted by molar-refractivity contribution is 5.75. The van der Waals surface area contributed by atoms with Crippen LogP contribution in [0.1, 0.15) is 28.4 Å². The summed E-state index contributed by atoms with van der Waals surface area (Å²) in [5, 5.41) is 0. The van der Waals surface area contributed by atoms with Gasteiger partial charge < -0.3 is 4.74 Å². The fraction of sp³-hybridized carbons (Fsp3) is 0.188. The SMILES string of the molecule is CCc1ccc(Oc2ccc(C=O)cc2C)cc1. The number of hydrogen-bond donors (Lipinski definition) is 0. The minimum atomic E-state index is 0.668. The average Bonchev–Trinajstić information content (AvgIpc) is 2.42. The van der Waals surface area contributed by atoms with Gasteiger partial charge in [0.05, 0.1) is 0 Å². The maximum absolute atomic E-state index is 10.7. The van der Waals surface area contributed by atoms with E-state index in [1.807, 2.05) is 31.2 Å². The first-order chi connectivity index (χ1) is 8.72. The lowest BCUT2D eigenvalue weighted by molar-refractivity contribution is 0.112. The summed E-state index contributed by atoms with van der Waals surface area (Å²) in [6, 6.07) is 13.5. The van der Waals surface area contributed by atoms with Crippen LogP contribution in [0.2, 0.25) is 0 Å². The van der Waals surface area contributed by atoms with Crippen LogP contribution in [0.4, 0.5) is 0 Å². The maximum atomic E-state index is 10.7. The molecule has 0 bridgehead atoms. The van der Waals surface area contributed by atoms with E-state index in [-0.39, 0.29) is 0 Å². The molecule has 2 rings (SSSR count). The number of rotatable bonds is 4. The van der Waals surface area contributed by atoms with E-state index >= 15 is 0 Å². The second kappa shape index (κ2) is 5.50. The summed E-state index contributed by atoms with van der Waals surface area (Å²) in [5.41, 5.74) is 2.91. The molecule has 0 spiro atoms. The largest absolute Gasteiger partial charge is 0.457 e. The Kier molecular flexibility index (Phi) is 3.78. The predicted molar refractivity (Wildman–Crippen MR) is 72.5 cm³/mol. The highest BCUT2D eigenvalue weighted by Gasteiger charge is 2.02. The number of benzene rings is 2. The number of ether oxygens (including phenoxy) is 1. The van der Waals surface area contributed by atoms with Crippen LogP contribution in [-0.4, -0.2) is 6.29 Å². The van der Waals surface area contributed by atoms with Crippen molar-refractivity contribution in [3.63, 3.8) is 0 Å². The Balaban J connectivity index is 2.19. The van der Waals surface area contributed by atoms with Gasteiger partial charge in [0.25, 0.3) is 0 Å². The third kappa shape index (κ3) is 2.77. The number of aldehydes is 1. The summed E-state index contributed by atoms with van der Waals surface area (Å²) in [5.74, 6) is 1.60. The van der Waals surface area contributed by atoms with Crippen molar-refractivity contribution in [3.8, 4) is 11.5 Å². The Labute approximate surface area is 107 Å². The molecule has 0 radical (unpaired) electrons. The van der Waals surface area contributed by atoms with Gasteiger partial charge in [0.15, 0.2) is 0 Å². The van der Waals surface area contributed by atoms with Crippen LogP contribution < -0.4 is 4.74 Å². The molecule has 2 aromatic rings. The van der Waals surface area contributed by atoms with Crippen molar-refractivity contribution in [2.75, 3.05) is 0 Å². The summed E-state index contributed by atoms with van der Waals surface area (Å²) >= 11 is 0. The summed E-state index contributed by atoms with van der Waals surface area (Å²) in [6.07, 6.45) is 1.86. The van der Waals surface area contributed by atoms with Gasteiger partial charge in [-0.2, -0.15) is 0 Å². The zero-order valence-corrected chi connectivity index (χ0v) is 10.6. The Morgan fingerprint density at radius 3 is 2.39 bits per heavy atom. The smallest absolute Gasteiger partial charge is 0.150 e. The van der Waals surface area contributed by atoms with E-state index in [9.17, 15) is 4.79 Å². The predicted octanol–water partition coefficient (Wildman–Crippen LogP) is 4.16. The Morgan fingerprint density at radius 2 is 1.83 bits per heavy atom. The minimum Gasteiger partial charge on any atom is -0.457 e. The van der Waals surface area contributed by atoms with Gasteiger partial charge >= 0.3 is 0 Å². The maximum Gasteiger partial charge on any atom is 0.150 e. The quantitative estimate of drug-likeness (QED) is 0.750. The number of carbonyl (C=O) groups is 1. The molecule has 0 aliphatic rings. The summed E-state index contributed by atoms with van der Waals surface area (Å²) in [4.78, 5) is 10.7. The second-order valence-electron chi connectivity index (χ2n) is 4.24. The second-order valence-corrected chi connectivity index (χ2v) is 4.24. The van der Waals surface area contributed by atoms with Gasteiger partial charge in [-0.05, 0) is 54.8 Å². The van der Waals surface area contributed by atoms with Crippen LogP contribution in [0.15, 0.2) is 42.5 Å². The molecule has 18 heavy (non-hydrogen) atoms.